The highest BCUT2D eigenvalue weighted by Crippen LogP contribution is 2.26. The molecule has 1 N–H and O–H groups in total. The molecule has 0 saturated carbocycles. The molecular weight excluding hydrogens is 280 g/mol. The van der Waals surface area contributed by atoms with E-state index in [1.807, 2.05) is 0 Å². The van der Waals surface area contributed by atoms with Gasteiger partial charge in [-0.05, 0) is 18.2 Å². The van der Waals surface area contributed by atoms with E-state index in [1.54, 1.807) is 17.0 Å². The second-order valence-corrected chi connectivity index (χ2v) is 5.09. The van der Waals surface area contributed by atoms with Gasteiger partial charge in [0.05, 0.1) is 7.11 Å². The molecule has 0 unspecified atom stereocenters. The van der Waals surface area contributed by atoms with Crippen LogP contribution < -0.4 is 4.74 Å². The van der Waals surface area contributed by atoms with E-state index in [4.69, 9.17) is 16.3 Å². The van der Waals surface area contributed by atoms with Crippen molar-refractivity contribution in [2.45, 2.75) is 0 Å². The van der Waals surface area contributed by atoms with Crippen molar-refractivity contribution in [3.05, 3.63) is 23.8 Å². The molecule has 0 aromatic heterocycles. The van der Waals surface area contributed by atoms with Crippen molar-refractivity contribution in [1.82, 2.24) is 9.80 Å². The highest BCUT2D eigenvalue weighted by atomic mass is 35.5. The SMILES string of the molecule is COc1ccc(C(=O)N2CCN(CCCl)CC2)cc1O. The van der Waals surface area contributed by atoms with Gasteiger partial charge in [-0.25, -0.2) is 0 Å². The normalized spacial score (nSPS) is 16.2. The molecule has 1 fully saturated rings. The van der Waals surface area contributed by atoms with Crippen LogP contribution in [-0.4, -0.2) is 66.5 Å². The van der Waals surface area contributed by atoms with Crippen LogP contribution in [0.25, 0.3) is 0 Å². The van der Waals surface area contributed by atoms with Gasteiger partial charge in [0.15, 0.2) is 11.5 Å². The van der Waals surface area contributed by atoms with Gasteiger partial charge in [-0.15, -0.1) is 11.6 Å². The third-order valence-corrected chi connectivity index (χ3v) is 3.66. The minimum absolute atomic E-state index is 0.0147. The van der Waals surface area contributed by atoms with Crippen LogP contribution in [0.15, 0.2) is 18.2 Å². The summed E-state index contributed by atoms with van der Waals surface area (Å²) in [6.45, 7) is 3.89. The lowest BCUT2D eigenvalue weighted by atomic mass is 10.1. The fraction of sp³-hybridized carbons (Fsp3) is 0.500. The molecule has 2 rings (SSSR count). The summed E-state index contributed by atoms with van der Waals surface area (Å²) < 4.78 is 4.97. The number of nitrogens with zero attached hydrogens (tertiary/aromatic N) is 2. The average molecular weight is 299 g/mol. The number of halogens is 1. The second-order valence-electron chi connectivity index (χ2n) is 4.71. The molecule has 20 heavy (non-hydrogen) atoms. The monoisotopic (exact) mass is 298 g/mol. The molecule has 0 atom stereocenters. The smallest absolute Gasteiger partial charge is 0.254 e. The van der Waals surface area contributed by atoms with Crippen molar-refractivity contribution in [1.29, 1.82) is 0 Å². The average Bonchev–Trinajstić information content (AvgIpc) is 2.47. The predicted molar refractivity (Wildman–Crippen MR) is 77.7 cm³/mol. The van der Waals surface area contributed by atoms with Crippen LogP contribution >= 0.6 is 11.6 Å². The number of methoxy groups -OCH3 is 1. The summed E-state index contributed by atoms with van der Waals surface area (Å²) in [4.78, 5) is 16.4. The Kier molecular flexibility index (Phi) is 5.09. The first-order valence-corrected chi connectivity index (χ1v) is 7.13. The summed E-state index contributed by atoms with van der Waals surface area (Å²) in [5.74, 6) is 0.904. The maximum absolute atomic E-state index is 12.3. The Hall–Kier alpha value is -1.46. The fourth-order valence-corrected chi connectivity index (χ4v) is 2.54. The lowest BCUT2D eigenvalue weighted by Gasteiger charge is -2.34. The molecule has 1 amide bonds. The van der Waals surface area contributed by atoms with Crippen molar-refractivity contribution in [3.8, 4) is 11.5 Å². The first-order valence-electron chi connectivity index (χ1n) is 6.60. The number of phenolic OH excluding ortho intramolecular Hbond substituents is 1. The number of alkyl halides is 1. The van der Waals surface area contributed by atoms with Gasteiger partial charge in [-0.1, -0.05) is 0 Å². The van der Waals surface area contributed by atoms with Crippen molar-refractivity contribution < 1.29 is 14.6 Å². The lowest BCUT2D eigenvalue weighted by Crippen LogP contribution is -2.49. The number of hydrogen-bond acceptors (Lipinski definition) is 4. The number of aromatic hydroxyl groups is 1. The van der Waals surface area contributed by atoms with E-state index in [0.29, 0.717) is 30.3 Å². The Morgan fingerprint density at radius 3 is 2.60 bits per heavy atom. The zero-order valence-electron chi connectivity index (χ0n) is 11.5. The molecule has 0 radical (unpaired) electrons. The maximum Gasteiger partial charge on any atom is 0.254 e. The summed E-state index contributed by atoms with van der Waals surface area (Å²) >= 11 is 5.71. The number of carbonyl (C=O) groups is 1. The van der Waals surface area contributed by atoms with Gasteiger partial charge < -0.3 is 14.7 Å². The van der Waals surface area contributed by atoms with E-state index in [-0.39, 0.29) is 11.7 Å². The van der Waals surface area contributed by atoms with Crippen LogP contribution in [0.2, 0.25) is 0 Å². The zero-order valence-corrected chi connectivity index (χ0v) is 12.3. The van der Waals surface area contributed by atoms with Gasteiger partial charge in [0, 0.05) is 44.2 Å². The van der Waals surface area contributed by atoms with Crippen LogP contribution in [0.4, 0.5) is 0 Å². The van der Waals surface area contributed by atoms with Crippen molar-refractivity contribution >= 4 is 17.5 Å². The number of phenols is 1. The molecule has 1 aromatic rings. The fourth-order valence-electron chi connectivity index (χ4n) is 2.30. The third-order valence-electron chi connectivity index (χ3n) is 3.49. The molecule has 6 heteroatoms. The van der Waals surface area contributed by atoms with E-state index < -0.39 is 0 Å². The van der Waals surface area contributed by atoms with Gasteiger partial charge in [0.1, 0.15) is 0 Å². The molecule has 0 bridgehead atoms. The zero-order chi connectivity index (χ0) is 14.5. The number of carbonyl (C=O) groups excluding carboxylic acids is 1. The first-order chi connectivity index (χ1) is 9.65. The molecule has 1 saturated heterocycles. The number of rotatable bonds is 4. The molecule has 1 heterocycles. The summed E-state index contributed by atoms with van der Waals surface area (Å²) in [5.41, 5.74) is 0.481. The lowest BCUT2D eigenvalue weighted by molar-refractivity contribution is 0.0644. The molecule has 1 aliphatic heterocycles. The van der Waals surface area contributed by atoms with Crippen LogP contribution in [0.5, 0.6) is 11.5 Å². The minimum Gasteiger partial charge on any atom is -0.504 e. The molecule has 0 spiro atoms. The summed E-state index contributed by atoms with van der Waals surface area (Å²) in [6.07, 6.45) is 0. The van der Waals surface area contributed by atoms with E-state index in [0.717, 1.165) is 19.6 Å². The van der Waals surface area contributed by atoms with Crippen molar-refractivity contribution in [3.63, 3.8) is 0 Å². The van der Waals surface area contributed by atoms with E-state index >= 15 is 0 Å². The molecular formula is C14H19ClN2O3. The topological polar surface area (TPSA) is 53.0 Å². The Balaban J connectivity index is 2.00. The van der Waals surface area contributed by atoms with E-state index in [9.17, 15) is 9.90 Å². The standard InChI is InChI=1S/C14H19ClN2O3/c1-20-13-3-2-11(10-12(13)18)14(19)17-8-6-16(5-4-15)7-9-17/h2-3,10,18H,4-9H2,1H3. The van der Waals surface area contributed by atoms with Crippen LogP contribution in [0, 0.1) is 0 Å². The summed E-state index contributed by atoms with van der Waals surface area (Å²) in [6, 6.07) is 4.73. The maximum atomic E-state index is 12.3. The number of ether oxygens (including phenoxy) is 1. The number of hydrogen-bond donors (Lipinski definition) is 1. The van der Waals surface area contributed by atoms with Crippen molar-refractivity contribution in [2.24, 2.45) is 0 Å². The molecule has 1 aliphatic rings. The Morgan fingerprint density at radius 2 is 2.05 bits per heavy atom. The molecule has 0 aliphatic carbocycles. The second kappa shape index (κ2) is 6.81. The highest BCUT2D eigenvalue weighted by Gasteiger charge is 2.22. The van der Waals surface area contributed by atoms with Crippen LogP contribution in [0.3, 0.4) is 0 Å². The highest BCUT2D eigenvalue weighted by molar-refractivity contribution is 6.18. The predicted octanol–water partition coefficient (Wildman–Crippen LogP) is 1.40. The van der Waals surface area contributed by atoms with Gasteiger partial charge in [0.25, 0.3) is 5.91 Å². The van der Waals surface area contributed by atoms with Gasteiger partial charge in [-0.3, -0.25) is 9.69 Å². The van der Waals surface area contributed by atoms with Gasteiger partial charge in [0.2, 0.25) is 0 Å². The Morgan fingerprint density at radius 1 is 1.35 bits per heavy atom. The number of benzene rings is 1. The summed E-state index contributed by atoms with van der Waals surface area (Å²) in [7, 11) is 1.48. The quantitative estimate of drug-likeness (QED) is 0.854. The van der Waals surface area contributed by atoms with Crippen LogP contribution in [0.1, 0.15) is 10.4 Å². The Labute approximate surface area is 123 Å². The number of amides is 1. The minimum atomic E-state index is -0.0616. The Bertz CT molecular complexity index is 473. The van der Waals surface area contributed by atoms with Gasteiger partial charge in [-0.2, -0.15) is 0 Å². The van der Waals surface area contributed by atoms with Gasteiger partial charge >= 0.3 is 0 Å². The summed E-state index contributed by atoms with van der Waals surface area (Å²) in [5, 5.41) is 9.73. The molecule has 1 aromatic carbocycles. The van der Waals surface area contributed by atoms with Crippen molar-refractivity contribution in [2.75, 3.05) is 45.7 Å². The third kappa shape index (κ3) is 3.35. The molecule has 5 nitrogen and oxygen atoms in total. The molecule has 110 valence electrons. The van der Waals surface area contributed by atoms with E-state index in [1.165, 1.54) is 13.2 Å². The van der Waals surface area contributed by atoms with E-state index in [2.05, 4.69) is 4.90 Å². The van der Waals surface area contributed by atoms with Crippen LogP contribution in [-0.2, 0) is 0 Å². The first kappa shape index (κ1) is 14.9. The number of piperazine rings is 1. The largest absolute Gasteiger partial charge is 0.504 e.